The maximum Gasteiger partial charge on any atom is 0.234 e. The third kappa shape index (κ3) is 5.30. The van der Waals surface area contributed by atoms with Crippen molar-refractivity contribution in [3.8, 4) is 0 Å². The second kappa shape index (κ2) is 8.77. The Labute approximate surface area is 142 Å². The van der Waals surface area contributed by atoms with Crippen molar-refractivity contribution in [3.05, 3.63) is 29.8 Å². The number of ether oxygens (including phenoxy) is 1. The third-order valence-electron chi connectivity index (χ3n) is 4.01. The van der Waals surface area contributed by atoms with Gasteiger partial charge in [-0.15, -0.1) is 0 Å². The molecule has 0 aliphatic carbocycles. The van der Waals surface area contributed by atoms with Crippen molar-refractivity contribution < 1.29 is 19.4 Å². The number of carbonyl (C=O) groups is 2. The zero-order valence-corrected chi connectivity index (χ0v) is 14.1. The first-order chi connectivity index (χ1) is 11.5. The highest BCUT2D eigenvalue weighted by molar-refractivity contribution is 5.88. The van der Waals surface area contributed by atoms with Crippen molar-refractivity contribution in [3.63, 3.8) is 0 Å². The molecule has 1 aliphatic heterocycles. The molecule has 2 atom stereocenters. The molecule has 1 fully saturated rings. The summed E-state index contributed by atoms with van der Waals surface area (Å²) in [5, 5.41) is 15.4. The number of nitrogens with zero attached hydrogens (tertiary/aromatic N) is 1. The van der Waals surface area contributed by atoms with Crippen molar-refractivity contribution in [2.75, 3.05) is 31.6 Å². The van der Waals surface area contributed by atoms with E-state index in [1.165, 1.54) is 6.92 Å². The topological polar surface area (TPSA) is 90.9 Å². The third-order valence-corrected chi connectivity index (χ3v) is 4.01. The first kappa shape index (κ1) is 18.4. The molecule has 1 aromatic rings. The van der Waals surface area contributed by atoms with Crippen LogP contribution in [-0.2, 0) is 20.9 Å². The van der Waals surface area contributed by atoms with Crippen LogP contribution in [0, 0.1) is 0 Å². The number of aliphatic hydroxyl groups is 1. The number of likely N-dealkylation sites (N-methyl/N-ethyl adjacent to an activating group) is 1. The molecule has 1 saturated heterocycles. The highest BCUT2D eigenvalue weighted by Gasteiger charge is 2.31. The molecule has 0 saturated carbocycles. The molecule has 132 valence electrons. The lowest BCUT2D eigenvalue weighted by atomic mass is 10.1. The molecule has 0 unspecified atom stereocenters. The number of amides is 2. The molecule has 24 heavy (non-hydrogen) atoms. The van der Waals surface area contributed by atoms with Gasteiger partial charge >= 0.3 is 0 Å². The normalized spacial score (nSPS) is 20.2. The van der Waals surface area contributed by atoms with Crippen molar-refractivity contribution in [2.45, 2.75) is 32.5 Å². The van der Waals surface area contributed by atoms with Gasteiger partial charge < -0.3 is 20.5 Å². The Morgan fingerprint density at radius 1 is 1.29 bits per heavy atom. The van der Waals surface area contributed by atoms with Gasteiger partial charge in [-0.3, -0.25) is 14.5 Å². The van der Waals surface area contributed by atoms with E-state index in [0.717, 1.165) is 11.3 Å². The molecular formula is C17H25N3O4. The van der Waals surface area contributed by atoms with Gasteiger partial charge in [0.15, 0.2) is 0 Å². The van der Waals surface area contributed by atoms with Crippen LogP contribution in [0.2, 0.25) is 0 Å². The van der Waals surface area contributed by atoms with E-state index in [1.807, 2.05) is 24.0 Å². The maximum atomic E-state index is 12.1. The Morgan fingerprint density at radius 3 is 2.54 bits per heavy atom. The summed E-state index contributed by atoms with van der Waals surface area (Å²) < 4.78 is 5.25. The smallest absolute Gasteiger partial charge is 0.234 e. The van der Waals surface area contributed by atoms with E-state index in [4.69, 9.17) is 4.74 Å². The summed E-state index contributed by atoms with van der Waals surface area (Å²) in [6, 6.07) is 7.19. The Balaban J connectivity index is 1.80. The van der Waals surface area contributed by atoms with Gasteiger partial charge in [-0.05, 0) is 24.2 Å². The van der Waals surface area contributed by atoms with E-state index in [0.29, 0.717) is 26.3 Å². The Kier molecular flexibility index (Phi) is 6.72. The number of carbonyl (C=O) groups excluding carboxylic acids is 2. The number of nitrogens with one attached hydrogen (secondary N) is 2. The maximum absolute atomic E-state index is 12.1. The lowest BCUT2D eigenvalue weighted by Gasteiger charge is -2.27. The lowest BCUT2D eigenvalue weighted by molar-refractivity contribution is -0.123. The van der Waals surface area contributed by atoms with Gasteiger partial charge in [0.25, 0.3) is 0 Å². The van der Waals surface area contributed by atoms with Crippen LogP contribution in [0.4, 0.5) is 5.69 Å². The van der Waals surface area contributed by atoms with Gasteiger partial charge in [-0.2, -0.15) is 0 Å². The van der Waals surface area contributed by atoms with Gasteiger partial charge in [0.2, 0.25) is 11.8 Å². The van der Waals surface area contributed by atoms with Crippen molar-refractivity contribution >= 4 is 17.5 Å². The van der Waals surface area contributed by atoms with E-state index in [1.54, 1.807) is 12.1 Å². The molecule has 0 bridgehead atoms. The molecule has 2 amide bonds. The monoisotopic (exact) mass is 335 g/mol. The lowest BCUT2D eigenvalue weighted by Crippen LogP contribution is -2.47. The molecule has 3 N–H and O–H groups in total. The Bertz CT molecular complexity index is 561. The van der Waals surface area contributed by atoms with Crippen molar-refractivity contribution in [1.82, 2.24) is 10.2 Å². The summed E-state index contributed by atoms with van der Waals surface area (Å²) in [5.74, 6) is -0.212. The van der Waals surface area contributed by atoms with Crippen LogP contribution >= 0.6 is 0 Å². The minimum atomic E-state index is -0.543. The standard InChI is InChI=1S/C17H25N3O4/c1-3-20(15-10-24-11-16(15)22)9-17(23)18-8-13-4-6-14(7-5-13)19-12(2)21/h4-7,15-16,22H,3,8-11H2,1-2H3,(H,18,23)(H,19,21)/t15-,16-/m0/s1. The molecule has 0 aromatic heterocycles. The van der Waals surface area contributed by atoms with Crippen LogP contribution < -0.4 is 10.6 Å². The first-order valence-corrected chi connectivity index (χ1v) is 8.12. The van der Waals surface area contributed by atoms with Crippen LogP contribution in [0.3, 0.4) is 0 Å². The Morgan fingerprint density at radius 2 is 2.00 bits per heavy atom. The molecule has 2 rings (SSSR count). The van der Waals surface area contributed by atoms with E-state index in [-0.39, 0.29) is 24.4 Å². The average Bonchev–Trinajstić information content (AvgIpc) is 2.97. The minimum absolute atomic E-state index is 0.0955. The van der Waals surface area contributed by atoms with E-state index in [2.05, 4.69) is 10.6 Å². The zero-order valence-electron chi connectivity index (χ0n) is 14.1. The molecule has 1 heterocycles. The van der Waals surface area contributed by atoms with E-state index < -0.39 is 6.10 Å². The van der Waals surface area contributed by atoms with Crippen molar-refractivity contribution in [2.24, 2.45) is 0 Å². The zero-order chi connectivity index (χ0) is 17.5. The summed E-state index contributed by atoms with van der Waals surface area (Å²) in [7, 11) is 0. The molecule has 1 aromatic carbocycles. The predicted octanol–water partition coefficient (Wildman–Crippen LogP) is 0.343. The molecule has 0 radical (unpaired) electrons. The van der Waals surface area contributed by atoms with Gasteiger partial charge in [0.1, 0.15) is 0 Å². The number of hydrogen-bond donors (Lipinski definition) is 3. The molecule has 1 aliphatic rings. The average molecular weight is 335 g/mol. The van der Waals surface area contributed by atoms with Gasteiger partial charge in [-0.25, -0.2) is 0 Å². The first-order valence-electron chi connectivity index (χ1n) is 8.12. The summed E-state index contributed by atoms with van der Waals surface area (Å²) in [4.78, 5) is 25.0. The summed E-state index contributed by atoms with van der Waals surface area (Å²) in [5.41, 5.74) is 1.68. The van der Waals surface area contributed by atoms with Gasteiger partial charge in [0, 0.05) is 19.2 Å². The molecule has 0 spiro atoms. The van der Waals surface area contributed by atoms with Crippen LogP contribution in [0.25, 0.3) is 0 Å². The fraction of sp³-hybridized carbons (Fsp3) is 0.529. The number of aliphatic hydroxyl groups excluding tert-OH is 1. The largest absolute Gasteiger partial charge is 0.389 e. The number of benzene rings is 1. The van der Waals surface area contributed by atoms with Crippen LogP contribution in [0.1, 0.15) is 19.4 Å². The molecule has 7 nitrogen and oxygen atoms in total. The fourth-order valence-corrected chi connectivity index (χ4v) is 2.69. The summed E-state index contributed by atoms with van der Waals surface area (Å²) >= 11 is 0. The molecular weight excluding hydrogens is 310 g/mol. The summed E-state index contributed by atoms with van der Waals surface area (Å²) in [6.07, 6.45) is -0.543. The van der Waals surface area contributed by atoms with Crippen LogP contribution in [0.5, 0.6) is 0 Å². The van der Waals surface area contributed by atoms with Gasteiger partial charge in [-0.1, -0.05) is 19.1 Å². The van der Waals surface area contributed by atoms with Crippen LogP contribution in [0.15, 0.2) is 24.3 Å². The number of hydrogen-bond acceptors (Lipinski definition) is 5. The van der Waals surface area contributed by atoms with Gasteiger partial charge in [0.05, 0.1) is 31.9 Å². The minimum Gasteiger partial charge on any atom is -0.389 e. The van der Waals surface area contributed by atoms with E-state index in [9.17, 15) is 14.7 Å². The second-order valence-corrected chi connectivity index (χ2v) is 5.89. The number of rotatable bonds is 7. The SMILES string of the molecule is CCN(CC(=O)NCc1ccc(NC(C)=O)cc1)[C@H]1COC[C@@H]1O. The van der Waals surface area contributed by atoms with Crippen molar-refractivity contribution in [1.29, 1.82) is 0 Å². The highest BCUT2D eigenvalue weighted by atomic mass is 16.5. The summed E-state index contributed by atoms with van der Waals surface area (Å²) in [6.45, 7) is 5.51. The predicted molar refractivity (Wildman–Crippen MR) is 90.5 cm³/mol. The van der Waals surface area contributed by atoms with E-state index >= 15 is 0 Å². The fourth-order valence-electron chi connectivity index (χ4n) is 2.69. The highest BCUT2D eigenvalue weighted by Crippen LogP contribution is 2.13. The second-order valence-electron chi connectivity index (χ2n) is 5.89. The quantitative estimate of drug-likeness (QED) is 0.669. The Hall–Kier alpha value is -1.96. The molecule has 7 heteroatoms. The van der Waals surface area contributed by atoms with Crippen LogP contribution in [-0.4, -0.2) is 60.3 Å². The number of anilines is 1.